The van der Waals surface area contributed by atoms with Crippen LogP contribution in [0.5, 0.6) is 0 Å². The number of benzene rings is 1. The second kappa shape index (κ2) is 8.97. The lowest BCUT2D eigenvalue weighted by molar-refractivity contribution is -0.129. The number of nitrogens with zero attached hydrogens (tertiary/aromatic N) is 3. The van der Waals surface area contributed by atoms with Gasteiger partial charge in [0.15, 0.2) is 0 Å². The topological polar surface area (TPSA) is 49.6 Å². The molecule has 140 valence electrons. The van der Waals surface area contributed by atoms with Crippen molar-refractivity contribution in [2.24, 2.45) is 0 Å². The highest BCUT2D eigenvalue weighted by Crippen LogP contribution is 2.26. The molecule has 0 spiro atoms. The zero-order valence-electron chi connectivity index (χ0n) is 15.5. The minimum absolute atomic E-state index is 0.220. The van der Waals surface area contributed by atoms with Crippen LogP contribution < -0.4 is 0 Å². The lowest BCUT2D eigenvalue weighted by Gasteiger charge is -2.32. The van der Waals surface area contributed by atoms with Gasteiger partial charge in [0.05, 0.1) is 11.4 Å². The Hall–Kier alpha value is -1.44. The van der Waals surface area contributed by atoms with E-state index in [2.05, 4.69) is 35.3 Å². The number of piperazine rings is 1. The third-order valence-corrected chi connectivity index (χ3v) is 6.22. The summed E-state index contributed by atoms with van der Waals surface area (Å²) >= 11 is 3.32. The highest BCUT2D eigenvalue weighted by molar-refractivity contribution is 7.99. The number of likely N-dealkylation sites (N-methyl/N-ethyl adjacent to an activating group) is 1. The summed E-state index contributed by atoms with van der Waals surface area (Å²) in [5.41, 5.74) is 1.90. The van der Waals surface area contributed by atoms with Crippen molar-refractivity contribution in [3.63, 3.8) is 0 Å². The summed E-state index contributed by atoms with van der Waals surface area (Å²) in [6.07, 6.45) is 2.06. The van der Waals surface area contributed by atoms with Gasteiger partial charge in [0.2, 0.25) is 11.8 Å². The molecular weight excluding hydrogens is 366 g/mol. The van der Waals surface area contributed by atoms with E-state index in [1.165, 1.54) is 4.90 Å². The van der Waals surface area contributed by atoms with Crippen molar-refractivity contribution < 1.29 is 9.21 Å². The summed E-state index contributed by atoms with van der Waals surface area (Å²) in [5.74, 6) is 2.88. The van der Waals surface area contributed by atoms with Crippen molar-refractivity contribution in [1.29, 1.82) is 0 Å². The van der Waals surface area contributed by atoms with Gasteiger partial charge in [-0.25, -0.2) is 4.98 Å². The van der Waals surface area contributed by atoms with Crippen LogP contribution in [0.3, 0.4) is 0 Å². The van der Waals surface area contributed by atoms with Crippen LogP contribution in [-0.2, 0) is 10.5 Å². The first kappa shape index (κ1) is 19.3. The fraction of sp³-hybridized carbons (Fsp3) is 0.474. The Kier molecular flexibility index (Phi) is 6.67. The summed E-state index contributed by atoms with van der Waals surface area (Å²) in [4.78, 5) is 22.4. The number of aryl methyl sites for hydroxylation is 1. The Morgan fingerprint density at radius 3 is 2.54 bits per heavy atom. The molecule has 2 heterocycles. The van der Waals surface area contributed by atoms with Crippen LogP contribution in [0.25, 0.3) is 11.5 Å². The Bertz CT molecular complexity index is 738. The molecule has 1 aliphatic rings. The van der Waals surface area contributed by atoms with E-state index in [0.29, 0.717) is 17.4 Å². The first-order valence-electron chi connectivity index (χ1n) is 8.71. The average Bonchev–Trinajstić information content (AvgIpc) is 3.03. The molecule has 1 aromatic carbocycles. The van der Waals surface area contributed by atoms with E-state index in [1.54, 1.807) is 23.5 Å². The van der Waals surface area contributed by atoms with Crippen LogP contribution in [0.4, 0.5) is 0 Å². The SMILES string of the molecule is CSc1ccc(-c2nc(CSCC(=O)N3CCN(C)CC3)c(C)o2)cc1. The lowest BCUT2D eigenvalue weighted by Crippen LogP contribution is -2.47. The second-order valence-electron chi connectivity index (χ2n) is 6.43. The molecule has 0 aliphatic carbocycles. The molecule has 0 bridgehead atoms. The molecule has 0 atom stereocenters. The maximum absolute atomic E-state index is 12.3. The van der Waals surface area contributed by atoms with E-state index >= 15 is 0 Å². The molecule has 1 aromatic heterocycles. The van der Waals surface area contributed by atoms with E-state index in [9.17, 15) is 4.79 Å². The molecule has 2 aromatic rings. The molecule has 0 saturated carbocycles. The van der Waals surface area contributed by atoms with Gasteiger partial charge in [-0.15, -0.1) is 23.5 Å². The largest absolute Gasteiger partial charge is 0.441 e. The minimum atomic E-state index is 0.220. The zero-order chi connectivity index (χ0) is 18.5. The summed E-state index contributed by atoms with van der Waals surface area (Å²) in [5, 5.41) is 0. The molecule has 0 N–H and O–H groups in total. The number of carbonyl (C=O) groups is 1. The van der Waals surface area contributed by atoms with Crippen LogP contribution in [-0.4, -0.2) is 65.9 Å². The standard InChI is InChI=1S/C19H25N3O2S2/c1-14-17(12-26-13-18(23)22-10-8-21(2)9-11-22)20-19(24-14)15-4-6-16(25-3)7-5-15/h4-7H,8-13H2,1-3H3. The van der Waals surface area contributed by atoms with Gasteiger partial charge in [0.1, 0.15) is 5.76 Å². The highest BCUT2D eigenvalue weighted by atomic mass is 32.2. The van der Waals surface area contributed by atoms with E-state index in [-0.39, 0.29) is 5.91 Å². The van der Waals surface area contributed by atoms with Crippen LogP contribution in [0.15, 0.2) is 33.6 Å². The van der Waals surface area contributed by atoms with Crippen molar-refractivity contribution >= 4 is 29.4 Å². The van der Waals surface area contributed by atoms with Crippen molar-refractivity contribution in [2.75, 3.05) is 45.2 Å². The van der Waals surface area contributed by atoms with Gasteiger partial charge in [-0.2, -0.15) is 0 Å². The number of oxazole rings is 1. The zero-order valence-corrected chi connectivity index (χ0v) is 17.2. The molecule has 0 radical (unpaired) electrons. The summed E-state index contributed by atoms with van der Waals surface area (Å²) in [6, 6.07) is 8.21. The van der Waals surface area contributed by atoms with Crippen molar-refractivity contribution in [3.8, 4) is 11.5 Å². The van der Waals surface area contributed by atoms with E-state index in [0.717, 1.165) is 43.2 Å². The van der Waals surface area contributed by atoms with Crippen LogP contribution >= 0.6 is 23.5 Å². The van der Waals surface area contributed by atoms with Crippen molar-refractivity contribution in [3.05, 3.63) is 35.7 Å². The first-order chi connectivity index (χ1) is 12.6. The van der Waals surface area contributed by atoms with Crippen molar-refractivity contribution in [2.45, 2.75) is 17.6 Å². The molecule has 0 unspecified atom stereocenters. The Balaban J connectivity index is 1.53. The average molecular weight is 392 g/mol. The van der Waals surface area contributed by atoms with E-state index in [1.807, 2.05) is 24.0 Å². The molecule has 3 rings (SSSR count). The Morgan fingerprint density at radius 2 is 1.88 bits per heavy atom. The van der Waals surface area contributed by atoms with Crippen molar-refractivity contribution in [1.82, 2.24) is 14.8 Å². The van der Waals surface area contributed by atoms with Crippen LogP contribution in [0, 0.1) is 6.92 Å². The fourth-order valence-corrected chi connectivity index (χ4v) is 4.13. The monoisotopic (exact) mass is 391 g/mol. The maximum atomic E-state index is 12.3. The van der Waals surface area contributed by atoms with Gasteiger partial charge in [0.25, 0.3) is 0 Å². The number of amides is 1. The van der Waals surface area contributed by atoms with Gasteiger partial charge in [-0.05, 0) is 44.5 Å². The van der Waals surface area contributed by atoms with Gasteiger partial charge in [0, 0.05) is 42.4 Å². The first-order valence-corrected chi connectivity index (χ1v) is 11.1. The molecule has 7 heteroatoms. The molecular formula is C19H25N3O2S2. The van der Waals surface area contributed by atoms with Gasteiger partial charge in [-0.3, -0.25) is 4.79 Å². The highest BCUT2D eigenvalue weighted by Gasteiger charge is 2.19. The van der Waals surface area contributed by atoms with Crippen LogP contribution in [0.2, 0.25) is 0 Å². The summed E-state index contributed by atoms with van der Waals surface area (Å²) in [6.45, 7) is 5.50. The quantitative estimate of drug-likeness (QED) is 0.704. The lowest BCUT2D eigenvalue weighted by atomic mass is 10.2. The molecule has 1 aliphatic heterocycles. The number of hydrogen-bond donors (Lipinski definition) is 0. The normalized spacial score (nSPS) is 15.4. The van der Waals surface area contributed by atoms with Gasteiger partial charge < -0.3 is 14.2 Å². The van der Waals surface area contributed by atoms with Gasteiger partial charge in [-0.1, -0.05) is 0 Å². The minimum Gasteiger partial charge on any atom is -0.441 e. The Morgan fingerprint density at radius 1 is 1.19 bits per heavy atom. The van der Waals surface area contributed by atoms with E-state index < -0.39 is 0 Å². The smallest absolute Gasteiger partial charge is 0.232 e. The Labute approximate surface area is 163 Å². The fourth-order valence-electron chi connectivity index (χ4n) is 2.80. The number of carbonyl (C=O) groups excluding carboxylic acids is 1. The van der Waals surface area contributed by atoms with Gasteiger partial charge >= 0.3 is 0 Å². The number of aromatic nitrogens is 1. The number of rotatable bonds is 6. The molecule has 1 amide bonds. The summed E-state index contributed by atoms with van der Waals surface area (Å²) in [7, 11) is 2.09. The molecule has 26 heavy (non-hydrogen) atoms. The molecule has 1 saturated heterocycles. The third kappa shape index (κ3) is 4.84. The number of thioether (sulfide) groups is 2. The van der Waals surface area contributed by atoms with Crippen LogP contribution in [0.1, 0.15) is 11.5 Å². The predicted molar refractivity (Wildman–Crippen MR) is 109 cm³/mol. The predicted octanol–water partition coefficient (Wildman–Crippen LogP) is 3.38. The maximum Gasteiger partial charge on any atom is 0.232 e. The summed E-state index contributed by atoms with van der Waals surface area (Å²) < 4.78 is 5.83. The second-order valence-corrected chi connectivity index (χ2v) is 8.29. The number of hydrogen-bond acceptors (Lipinski definition) is 6. The molecule has 5 nitrogen and oxygen atoms in total. The molecule has 1 fully saturated rings. The third-order valence-electron chi connectivity index (χ3n) is 4.55. The van der Waals surface area contributed by atoms with E-state index in [4.69, 9.17) is 4.42 Å².